The summed E-state index contributed by atoms with van der Waals surface area (Å²) in [4.78, 5) is 37.3. The fourth-order valence-electron chi connectivity index (χ4n) is 3.03. The molecule has 1 aliphatic rings. The highest BCUT2D eigenvalue weighted by molar-refractivity contribution is 8.15. The summed E-state index contributed by atoms with van der Waals surface area (Å²) in [7, 11) is 1.58. The number of benzene rings is 1. The van der Waals surface area contributed by atoms with E-state index in [0.717, 1.165) is 41.1 Å². The van der Waals surface area contributed by atoms with Crippen molar-refractivity contribution < 1.29 is 14.3 Å². The van der Waals surface area contributed by atoms with Crippen molar-refractivity contribution in [3.8, 4) is 5.75 Å². The van der Waals surface area contributed by atoms with Crippen LogP contribution in [0.25, 0.3) is 10.9 Å². The maximum absolute atomic E-state index is 11.6. The maximum Gasteiger partial charge on any atom is 0.286 e. The van der Waals surface area contributed by atoms with Crippen LogP contribution in [0, 0.1) is 6.92 Å². The third kappa shape index (κ3) is 3.17. The van der Waals surface area contributed by atoms with Gasteiger partial charge in [0.2, 0.25) is 11.5 Å². The number of methoxy groups -OCH3 is 1. The van der Waals surface area contributed by atoms with Crippen molar-refractivity contribution in [2.24, 2.45) is 0 Å². The molecule has 0 radical (unpaired) electrons. The van der Waals surface area contributed by atoms with E-state index in [4.69, 9.17) is 4.74 Å². The summed E-state index contributed by atoms with van der Waals surface area (Å²) < 4.78 is 5.37. The summed E-state index contributed by atoms with van der Waals surface area (Å²) in [5.41, 5.74) is 2.71. The molecule has 1 saturated heterocycles. The van der Waals surface area contributed by atoms with Gasteiger partial charge in [0.05, 0.1) is 17.9 Å². The van der Waals surface area contributed by atoms with E-state index < -0.39 is 0 Å². The van der Waals surface area contributed by atoms with Crippen LogP contribution < -0.4 is 15.6 Å². The Balaban J connectivity index is 1.84. The number of carbonyl (C=O) groups excluding carboxylic acids is 2. The molecule has 1 aromatic carbocycles. The quantitative estimate of drug-likeness (QED) is 0.868. The van der Waals surface area contributed by atoms with Gasteiger partial charge in [0.1, 0.15) is 5.75 Å². The van der Waals surface area contributed by atoms with E-state index in [0.29, 0.717) is 17.7 Å². The number of fused-ring (bicyclic) bond motifs is 1. The van der Waals surface area contributed by atoms with Gasteiger partial charge in [-0.2, -0.15) is 0 Å². The molecular formula is C17H18N2O4S. The Morgan fingerprint density at radius 1 is 1.25 bits per heavy atom. The minimum Gasteiger partial charge on any atom is -0.495 e. The summed E-state index contributed by atoms with van der Waals surface area (Å²) in [6, 6.07) is 5.22. The van der Waals surface area contributed by atoms with Crippen molar-refractivity contribution in [3.05, 3.63) is 39.7 Å². The van der Waals surface area contributed by atoms with Crippen molar-refractivity contribution in [1.82, 2.24) is 10.3 Å². The second-order valence-corrected chi connectivity index (χ2v) is 6.94. The van der Waals surface area contributed by atoms with Crippen molar-refractivity contribution in [1.29, 1.82) is 0 Å². The molecule has 126 valence electrons. The normalized spacial score (nSPS) is 17.3. The van der Waals surface area contributed by atoms with E-state index in [9.17, 15) is 14.4 Å². The number of thioether (sulfide) groups is 1. The zero-order valence-electron chi connectivity index (χ0n) is 13.5. The van der Waals surface area contributed by atoms with Crippen LogP contribution in [-0.2, 0) is 11.2 Å². The molecule has 24 heavy (non-hydrogen) atoms. The SMILES string of the molecule is COc1cc(C)c(CCCC2SC(=O)NC2=O)c2ccc(=O)[nH]c12. The number of hydrogen-bond acceptors (Lipinski definition) is 5. The summed E-state index contributed by atoms with van der Waals surface area (Å²) in [6.07, 6.45) is 2.18. The van der Waals surface area contributed by atoms with Crippen LogP contribution in [0.4, 0.5) is 4.79 Å². The molecule has 0 bridgehead atoms. The predicted octanol–water partition coefficient (Wildman–Crippen LogP) is 2.52. The van der Waals surface area contributed by atoms with Gasteiger partial charge < -0.3 is 9.72 Å². The number of nitrogens with one attached hydrogen (secondary N) is 2. The molecule has 1 aliphatic heterocycles. The lowest BCUT2D eigenvalue weighted by atomic mass is 9.96. The van der Waals surface area contributed by atoms with Crippen molar-refractivity contribution in [3.63, 3.8) is 0 Å². The van der Waals surface area contributed by atoms with E-state index in [1.807, 2.05) is 13.0 Å². The van der Waals surface area contributed by atoms with Gasteiger partial charge in [0.15, 0.2) is 0 Å². The average molecular weight is 346 g/mol. The van der Waals surface area contributed by atoms with Crippen LogP contribution in [0.15, 0.2) is 23.0 Å². The first-order chi connectivity index (χ1) is 11.5. The number of hydrogen-bond donors (Lipinski definition) is 2. The minimum atomic E-state index is -0.304. The number of rotatable bonds is 5. The largest absolute Gasteiger partial charge is 0.495 e. The first kappa shape index (κ1) is 16.6. The van der Waals surface area contributed by atoms with E-state index >= 15 is 0 Å². The third-order valence-corrected chi connectivity index (χ3v) is 5.24. The number of H-pyrrole nitrogens is 1. The number of pyridine rings is 1. The first-order valence-corrected chi connectivity index (χ1v) is 8.58. The number of carbonyl (C=O) groups is 2. The Hall–Kier alpha value is -2.28. The Morgan fingerprint density at radius 3 is 2.71 bits per heavy atom. The van der Waals surface area contributed by atoms with Crippen LogP contribution in [0.3, 0.4) is 0 Å². The number of ether oxygens (including phenoxy) is 1. The number of aryl methyl sites for hydroxylation is 2. The minimum absolute atomic E-state index is 0.173. The Bertz CT molecular complexity index is 875. The van der Waals surface area contributed by atoms with Crippen LogP contribution in [0.2, 0.25) is 0 Å². The number of amides is 2. The zero-order valence-corrected chi connectivity index (χ0v) is 14.3. The molecule has 1 aromatic heterocycles. The van der Waals surface area contributed by atoms with E-state index in [1.165, 1.54) is 6.07 Å². The standard InChI is InChI=1S/C17H18N2O4S/c1-9-8-12(23-2)15-11(6-7-14(20)18-15)10(9)4-3-5-13-16(21)19-17(22)24-13/h6-8,13H,3-5H2,1-2H3,(H,18,20)(H,19,21,22). The van der Waals surface area contributed by atoms with Crippen LogP contribution >= 0.6 is 11.8 Å². The van der Waals surface area contributed by atoms with Crippen molar-refractivity contribution in [2.45, 2.75) is 31.4 Å². The van der Waals surface area contributed by atoms with Crippen molar-refractivity contribution >= 4 is 33.8 Å². The molecule has 2 N–H and O–H groups in total. The second kappa shape index (κ2) is 6.68. The van der Waals surface area contributed by atoms with Gasteiger partial charge in [-0.1, -0.05) is 11.8 Å². The van der Waals surface area contributed by atoms with Gasteiger partial charge in [-0.3, -0.25) is 19.7 Å². The maximum atomic E-state index is 11.6. The van der Waals surface area contributed by atoms with Gasteiger partial charge in [-0.15, -0.1) is 0 Å². The van der Waals surface area contributed by atoms with Crippen molar-refractivity contribution in [2.75, 3.05) is 7.11 Å². The van der Waals surface area contributed by atoms with E-state index in [2.05, 4.69) is 10.3 Å². The highest BCUT2D eigenvalue weighted by Gasteiger charge is 2.30. The van der Waals surface area contributed by atoms with Gasteiger partial charge in [-0.05, 0) is 49.4 Å². The summed E-state index contributed by atoms with van der Waals surface area (Å²) in [5.74, 6) is 0.436. The van der Waals surface area contributed by atoms with Crippen LogP contribution in [0.5, 0.6) is 5.75 Å². The molecule has 0 saturated carbocycles. The molecule has 2 aromatic rings. The molecule has 0 aliphatic carbocycles. The Labute approximate surface area is 143 Å². The number of aromatic amines is 1. The lowest BCUT2D eigenvalue weighted by Crippen LogP contribution is -2.24. The van der Waals surface area contributed by atoms with Gasteiger partial charge in [-0.25, -0.2) is 0 Å². The zero-order chi connectivity index (χ0) is 17.3. The fraction of sp³-hybridized carbons (Fsp3) is 0.353. The molecule has 0 spiro atoms. The third-order valence-electron chi connectivity index (χ3n) is 4.19. The summed E-state index contributed by atoms with van der Waals surface area (Å²) in [5, 5.41) is 2.68. The Kier molecular flexibility index (Phi) is 4.62. The molecule has 6 nitrogen and oxygen atoms in total. The summed E-state index contributed by atoms with van der Waals surface area (Å²) >= 11 is 1.06. The summed E-state index contributed by atoms with van der Waals surface area (Å²) in [6.45, 7) is 2.00. The highest BCUT2D eigenvalue weighted by atomic mass is 32.2. The molecule has 7 heteroatoms. The lowest BCUT2D eigenvalue weighted by molar-refractivity contribution is -0.119. The second-order valence-electron chi connectivity index (χ2n) is 5.76. The molecule has 1 fully saturated rings. The van der Waals surface area contributed by atoms with Gasteiger partial charge in [0, 0.05) is 11.5 Å². The molecule has 2 amide bonds. The highest BCUT2D eigenvalue weighted by Crippen LogP contribution is 2.31. The smallest absolute Gasteiger partial charge is 0.286 e. The first-order valence-electron chi connectivity index (χ1n) is 7.70. The lowest BCUT2D eigenvalue weighted by Gasteiger charge is -2.14. The van der Waals surface area contributed by atoms with Crippen LogP contribution in [-0.4, -0.2) is 28.5 Å². The van der Waals surface area contributed by atoms with Gasteiger partial charge in [0.25, 0.3) is 5.24 Å². The predicted molar refractivity (Wildman–Crippen MR) is 93.7 cm³/mol. The number of imide groups is 1. The molecule has 3 rings (SSSR count). The van der Waals surface area contributed by atoms with Gasteiger partial charge >= 0.3 is 0 Å². The van der Waals surface area contributed by atoms with Crippen LogP contribution in [0.1, 0.15) is 24.0 Å². The Morgan fingerprint density at radius 2 is 2.04 bits per heavy atom. The fourth-order valence-corrected chi connectivity index (χ4v) is 3.90. The average Bonchev–Trinajstić information content (AvgIpc) is 2.86. The van der Waals surface area contributed by atoms with E-state index in [1.54, 1.807) is 13.2 Å². The monoisotopic (exact) mass is 346 g/mol. The molecule has 2 heterocycles. The molecule has 1 unspecified atom stereocenters. The topological polar surface area (TPSA) is 88.3 Å². The van der Waals surface area contributed by atoms with E-state index in [-0.39, 0.29) is 22.0 Å². The molecular weight excluding hydrogens is 328 g/mol. The molecule has 1 atom stereocenters. The number of aromatic nitrogens is 1.